The molecule has 2 aromatic carbocycles. The van der Waals surface area contributed by atoms with Crippen molar-refractivity contribution < 1.29 is 9.53 Å². The van der Waals surface area contributed by atoms with E-state index in [1.807, 2.05) is 43.5 Å². The summed E-state index contributed by atoms with van der Waals surface area (Å²) >= 11 is 6.07. The van der Waals surface area contributed by atoms with Crippen LogP contribution in [0.3, 0.4) is 0 Å². The Morgan fingerprint density at radius 3 is 2.92 bits per heavy atom. The molecule has 1 aromatic heterocycles. The molecule has 0 bridgehead atoms. The minimum Gasteiger partial charge on any atom is -0.496 e. The Labute approximate surface area is 145 Å². The molecule has 0 spiro atoms. The van der Waals surface area contributed by atoms with Crippen molar-refractivity contribution in [2.24, 2.45) is 0 Å². The molecule has 4 nitrogen and oxygen atoms in total. The Hall–Kier alpha value is -2.46. The second-order valence-corrected chi connectivity index (χ2v) is 6.10. The number of benzene rings is 2. The van der Waals surface area contributed by atoms with Crippen LogP contribution in [0.1, 0.15) is 21.5 Å². The first-order chi connectivity index (χ1) is 11.6. The van der Waals surface area contributed by atoms with E-state index >= 15 is 0 Å². The molecule has 0 atom stereocenters. The van der Waals surface area contributed by atoms with E-state index in [-0.39, 0.29) is 5.91 Å². The van der Waals surface area contributed by atoms with Crippen molar-refractivity contribution >= 4 is 28.4 Å². The van der Waals surface area contributed by atoms with Gasteiger partial charge in [-0.1, -0.05) is 23.7 Å². The Kier molecular flexibility index (Phi) is 4.76. The molecule has 5 heteroatoms. The predicted molar refractivity (Wildman–Crippen MR) is 97.1 cm³/mol. The molecule has 2 N–H and O–H groups in total. The molecule has 24 heavy (non-hydrogen) atoms. The van der Waals surface area contributed by atoms with Gasteiger partial charge in [0.1, 0.15) is 5.75 Å². The monoisotopic (exact) mass is 342 g/mol. The summed E-state index contributed by atoms with van der Waals surface area (Å²) in [7, 11) is 1.57. The third-order valence-corrected chi connectivity index (χ3v) is 4.33. The van der Waals surface area contributed by atoms with E-state index in [1.165, 1.54) is 0 Å². The van der Waals surface area contributed by atoms with E-state index in [1.54, 1.807) is 13.2 Å². The van der Waals surface area contributed by atoms with Gasteiger partial charge in [-0.3, -0.25) is 4.79 Å². The number of halogens is 1. The van der Waals surface area contributed by atoms with Gasteiger partial charge in [0.2, 0.25) is 0 Å². The van der Waals surface area contributed by atoms with Gasteiger partial charge >= 0.3 is 0 Å². The highest BCUT2D eigenvalue weighted by molar-refractivity contribution is 6.31. The molecule has 3 aromatic rings. The van der Waals surface area contributed by atoms with Crippen molar-refractivity contribution in [3.05, 3.63) is 64.3 Å². The van der Waals surface area contributed by atoms with Gasteiger partial charge in [-0.25, -0.2) is 0 Å². The minimum atomic E-state index is -0.122. The molecule has 1 heterocycles. The van der Waals surface area contributed by atoms with Gasteiger partial charge < -0.3 is 15.0 Å². The SMILES string of the molecule is COc1cccc(C)c1C(=O)NCCc1c[nH]c2ccc(Cl)cc12. The number of aromatic nitrogens is 1. The van der Waals surface area contributed by atoms with Crippen LogP contribution in [0.2, 0.25) is 5.02 Å². The first kappa shape index (κ1) is 16.4. The third-order valence-electron chi connectivity index (χ3n) is 4.09. The van der Waals surface area contributed by atoms with Crippen LogP contribution >= 0.6 is 11.6 Å². The van der Waals surface area contributed by atoms with Crippen LogP contribution in [0.25, 0.3) is 10.9 Å². The maximum absolute atomic E-state index is 12.5. The average molecular weight is 343 g/mol. The molecular formula is C19H19ClN2O2. The van der Waals surface area contributed by atoms with Crippen molar-refractivity contribution in [2.75, 3.05) is 13.7 Å². The van der Waals surface area contributed by atoms with Crippen LogP contribution in [-0.4, -0.2) is 24.5 Å². The number of ether oxygens (including phenoxy) is 1. The second kappa shape index (κ2) is 6.97. The molecule has 0 saturated carbocycles. The number of hydrogen-bond acceptors (Lipinski definition) is 2. The molecular weight excluding hydrogens is 324 g/mol. The topological polar surface area (TPSA) is 54.1 Å². The summed E-state index contributed by atoms with van der Waals surface area (Å²) in [6, 6.07) is 11.3. The number of hydrogen-bond donors (Lipinski definition) is 2. The van der Waals surface area contributed by atoms with E-state index < -0.39 is 0 Å². The van der Waals surface area contributed by atoms with Crippen molar-refractivity contribution in [1.82, 2.24) is 10.3 Å². The van der Waals surface area contributed by atoms with Gasteiger partial charge in [-0.15, -0.1) is 0 Å². The number of nitrogens with one attached hydrogen (secondary N) is 2. The van der Waals surface area contributed by atoms with Gasteiger partial charge in [-0.2, -0.15) is 0 Å². The van der Waals surface area contributed by atoms with E-state index in [2.05, 4.69) is 10.3 Å². The predicted octanol–water partition coefficient (Wildman–Crippen LogP) is 4.11. The van der Waals surface area contributed by atoms with Crippen LogP contribution in [0.4, 0.5) is 0 Å². The highest BCUT2D eigenvalue weighted by Gasteiger charge is 2.14. The second-order valence-electron chi connectivity index (χ2n) is 5.66. The van der Waals surface area contributed by atoms with Crippen LogP contribution in [0.5, 0.6) is 5.75 Å². The number of aromatic amines is 1. The molecule has 0 aliphatic carbocycles. The number of carbonyl (C=O) groups excluding carboxylic acids is 1. The van der Waals surface area contributed by atoms with Crippen LogP contribution in [0.15, 0.2) is 42.6 Å². The first-order valence-corrected chi connectivity index (χ1v) is 8.15. The fourth-order valence-electron chi connectivity index (χ4n) is 2.86. The standard InChI is InChI=1S/C19H19ClN2O2/c1-12-4-3-5-17(24-2)18(12)19(23)21-9-8-13-11-22-16-7-6-14(20)10-15(13)16/h3-7,10-11,22H,8-9H2,1-2H3,(H,21,23). The summed E-state index contributed by atoms with van der Waals surface area (Å²) in [5.74, 6) is 0.467. The highest BCUT2D eigenvalue weighted by Crippen LogP contribution is 2.23. The zero-order valence-corrected chi connectivity index (χ0v) is 14.4. The van der Waals surface area contributed by atoms with E-state index in [4.69, 9.17) is 16.3 Å². The third kappa shape index (κ3) is 3.24. The van der Waals surface area contributed by atoms with E-state index in [9.17, 15) is 4.79 Å². The number of rotatable bonds is 5. The number of aryl methyl sites for hydroxylation is 1. The van der Waals surface area contributed by atoms with Crippen molar-refractivity contribution in [3.63, 3.8) is 0 Å². The van der Waals surface area contributed by atoms with E-state index in [0.29, 0.717) is 22.9 Å². The number of carbonyl (C=O) groups is 1. The fourth-order valence-corrected chi connectivity index (χ4v) is 3.03. The normalized spacial score (nSPS) is 10.8. The number of H-pyrrole nitrogens is 1. The largest absolute Gasteiger partial charge is 0.496 e. The van der Waals surface area contributed by atoms with Gasteiger partial charge in [0.05, 0.1) is 12.7 Å². The fraction of sp³-hybridized carbons (Fsp3) is 0.211. The molecule has 1 amide bonds. The molecule has 3 rings (SSSR count). The Bertz CT molecular complexity index is 886. The Morgan fingerprint density at radius 1 is 1.29 bits per heavy atom. The average Bonchev–Trinajstić information content (AvgIpc) is 2.96. The first-order valence-electron chi connectivity index (χ1n) is 7.77. The van der Waals surface area contributed by atoms with Crippen molar-refractivity contribution in [1.29, 1.82) is 0 Å². The molecule has 0 aliphatic rings. The zero-order chi connectivity index (χ0) is 17.1. The molecule has 0 aliphatic heterocycles. The summed E-state index contributed by atoms with van der Waals surface area (Å²) < 4.78 is 5.29. The van der Waals surface area contributed by atoms with Gasteiger partial charge in [0.15, 0.2) is 0 Å². The van der Waals surface area contributed by atoms with E-state index in [0.717, 1.165) is 28.5 Å². The highest BCUT2D eigenvalue weighted by atomic mass is 35.5. The summed E-state index contributed by atoms with van der Waals surface area (Å²) in [4.78, 5) is 15.7. The van der Waals surface area contributed by atoms with Crippen LogP contribution in [-0.2, 0) is 6.42 Å². The number of amides is 1. The zero-order valence-electron chi connectivity index (χ0n) is 13.7. The van der Waals surface area contributed by atoms with Crippen molar-refractivity contribution in [2.45, 2.75) is 13.3 Å². The quantitative estimate of drug-likeness (QED) is 0.733. The van der Waals surface area contributed by atoms with Crippen LogP contribution < -0.4 is 10.1 Å². The van der Waals surface area contributed by atoms with Gasteiger partial charge in [0, 0.05) is 28.7 Å². The maximum atomic E-state index is 12.5. The van der Waals surface area contributed by atoms with Gasteiger partial charge in [-0.05, 0) is 48.7 Å². The molecule has 0 radical (unpaired) electrons. The van der Waals surface area contributed by atoms with Crippen LogP contribution in [0, 0.1) is 6.92 Å². The molecule has 0 saturated heterocycles. The summed E-state index contributed by atoms with van der Waals surface area (Å²) in [5, 5.41) is 4.76. The molecule has 124 valence electrons. The molecule has 0 fully saturated rings. The van der Waals surface area contributed by atoms with Crippen molar-refractivity contribution in [3.8, 4) is 5.75 Å². The Balaban J connectivity index is 1.70. The molecule has 0 unspecified atom stereocenters. The summed E-state index contributed by atoms with van der Waals surface area (Å²) in [6.45, 7) is 2.44. The lowest BCUT2D eigenvalue weighted by molar-refractivity contribution is 0.0950. The maximum Gasteiger partial charge on any atom is 0.255 e. The Morgan fingerprint density at radius 2 is 2.12 bits per heavy atom. The number of fused-ring (bicyclic) bond motifs is 1. The lowest BCUT2D eigenvalue weighted by Gasteiger charge is -2.11. The smallest absolute Gasteiger partial charge is 0.255 e. The lowest BCUT2D eigenvalue weighted by atomic mass is 10.1. The number of methoxy groups -OCH3 is 1. The summed E-state index contributed by atoms with van der Waals surface area (Å²) in [6.07, 6.45) is 2.68. The summed E-state index contributed by atoms with van der Waals surface area (Å²) in [5.41, 5.74) is 3.65. The lowest BCUT2D eigenvalue weighted by Crippen LogP contribution is -2.26. The van der Waals surface area contributed by atoms with Gasteiger partial charge in [0.25, 0.3) is 5.91 Å². The minimum absolute atomic E-state index is 0.122.